The molecule has 1 aliphatic heterocycles. The van der Waals surface area contributed by atoms with E-state index in [2.05, 4.69) is 64.4 Å². The van der Waals surface area contributed by atoms with Crippen LogP contribution in [0, 0.1) is 0 Å². The maximum absolute atomic E-state index is 6.43. The van der Waals surface area contributed by atoms with Gasteiger partial charge in [-0.2, -0.15) is 0 Å². The van der Waals surface area contributed by atoms with Gasteiger partial charge in [0.1, 0.15) is 0 Å². The lowest BCUT2D eigenvalue weighted by atomic mass is 10.2. The third-order valence-corrected chi connectivity index (χ3v) is 4.66. The van der Waals surface area contributed by atoms with Crippen molar-refractivity contribution in [2.75, 3.05) is 39.3 Å². The molecule has 2 nitrogen and oxygen atoms in total. The second-order valence-corrected chi connectivity index (χ2v) is 6.88. The minimum Gasteiger partial charge on any atom is -0.297 e. The first kappa shape index (κ1) is 17.9. The van der Waals surface area contributed by atoms with Gasteiger partial charge in [0.15, 0.2) is 0 Å². The van der Waals surface area contributed by atoms with Crippen LogP contribution in [0.2, 0.25) is 0 Å². The van der Waals surface area contributed by atoms with Gasteiger partial charge >= 0.3 is 0 Å². The molecule has 1 aliphatic rings. The van der Waals surface area contributed by atoms with Crippen LogP contribution in [0.15, 0.2) is 71.8 Å². The average Bonchev–Trinajstić information content (AvgIpc) is 2.65. The Morgan fingerprint density at radius 1 is 0.800 bits per heavy atom. The summed E-state index contributed by atoms with van der Waals surface area (Å²) in [6.45, 7) is 6.17. The van der Waals surface area contributed by atoms with Gasteiger partial charge in [0.2, 0.25) is 0 Å². The van der Waals surface area contributed by atoms with Crippen LogP contribution in [0.25, 0.3) is 12.2 Å². The van der Waals surface area contributed by atoms with Crippen molar-refractivity contribution in [3.8, 4) is 0 Å². The minimum atomic E-state index is 0.837. The molecule has 0 unspecified atom stereocenters. The van der Waals surface area contributed by atoms with Gasteiger partial charge in [-0.25, -0.2) is 0 Å². The van der Waals surface area contributed by atoms with Crippen LogP contribution >= 0.6 is 11.6 Å². The molecule has 0 N–H and O–H groups in total. The standard InChI is InChI=1S/C22H25ClN2/c23-22(18-21-10-5-2-6-11-21)19-25-16-14-24(15-17-25)13-7-12-20-8-3-1-4-9-20/h1-12,18H,13-17,19H2/b12-7+,22-18-. The van der Waals surface area contributed by atoms with E-state index in [0.29, 0.717) is 0 Å². The molecule has 0 amide bonds. The van der Waals surface area contributed by atoms with E-state index in [-0.39, 0.29) is 0 Å². The molecule has 0 atom stereocenters. The quantitative estimate of drug-likeness (QED) is 0.749. The lowest BCUT2D eigenvalue weighted by molar-refractivity contribution is 0.153. The van der Waals surface area contributed by atoms with Crippen molar-refractivity contribution in [2.24, 2.45) is 0 Å². The van der Waals surface area contributed by atoms with Crippen molar-refractivity contribution >= 4 is 23.8 Å². The summed E-state index contributed by atoms with van der Waals surface area (Å²) in [7, 11) is 0. The Morgan fingerprint density at radius 3 is 2.00 bits per heavy atom. The molecule has 1 heterocycles. The predicted molar refractivity (Wildman–Crippen MR) is 109 cm³/mol. The van der Waals surface area contributed by atoms with Crippen molar-refractivity contribution in [1.82, 2.24) is 9.80 Å². The highest BCUT2D eigenvalue weighted by molar-refractivity contribution is 6.31. The highest BCUT2D eigenvalue weighted by Gasteiger charge is 2.16. The largest absolute Gasteiger partial charge is 0.297 e. The molecule has 0 aliphatic carbocycles. The molecule has 3 rings (SSSR count). The molecule has 0 bridgehead atoms. The Balaban J connectivity index is 1.41. The summed E-state index contributed by atoms with van der Waals surface area (Å²) < 4.78 is 0. The number of rotatable bonds is 6. The molecule has 1 fully saturated rings. The molecule has 3 heteroatoms. The van der Waals surface area contributed by atoms with Gasteiger partial charge in [0.25, 0.3) is 0 Å². The van der Waals surface area contributed by atoms with Crippen LogP contribution in [0.1, 0.15) is 11.1 Å². The number of piperazine rings is 1. The fourth-order valence-corrected chi connectivity index (χ4v) is 3.32. The lowest BCUT2D eigenvalue weighted by Crippen LogP contribution is -2.46. The Morgan fingerprint density at radius 2 is 1.36 bits per heavy atom. The van der Waals surface area contributed by atoms with Crippen molar-refractivity contribution in [3.63, 3.8) is 0 Å². The second kappa shape index (κ2) is 9.57. The molecule has 25 heavy (non-hydrogen) atoms. The maximum Gasteiger partial charge on any atom is 0.0342 e. The summed E-state index contributed by atoms with van der Waals surface area (Å²) in [6, 6.07) is 20.7. The van der Waals surface area contributed by atoms with E-state index in [1.54, 1.807) is 0 Å². The van der Waals surface area contributed by atoms with Crippen LogP contribution in [0.4, 0.5) is 0 Å². The van der Waals surface area contributed by atoms with Crippen LogP contribution in [-0.2, 0) is 0 Å². The number of hydrogen-bond acceptors (Lipinski definition) is 2. The van der Waals surface area contributed by atoms with Crippen LogP contribution in [0.3, 0.4) is 0 Å². The van der Waals surface area contributed by atoms with E-state index in [0.717, 1.165) is 49.9 Å². The van der Waals surface area contributed by atoms with Crippen molar-refractivity contribution in [3.05, 3.63) is 82.9 Å². The summed E-state index contributed by atoms with van der Waals surface area (Å²) in [5.41, 5.74) is 2.43. The Bertz CT molecular complexity index is 686. The zero-order chi connectivity index (χ0) is 17.3. The van der Waals surface area contributed by atoms with Crippen molar-refractivity contribution in [1.29, 1.82) is 0 Å². The third kappa shape index (κ3) is 6.17. The first-order chi connectivity index (χ1) is 12.3. The summed E-state index contributed by atoms with van der Waals surface area (Å²) in [5, 5.41) is 0.906. The zero-order valence-electron chi connectivity index (χ0n) is 14.5. The minimum absolute atomic E-state index is 0.837. The molecular formula is C22H25ClN2. The second-order valence-electron chi connectivity index (χ2n) is 6.39. The summed E-state index contributed by atoms with van der Waals surface area (Å²) in [4.78, 5) is 4.92. The Labute approximate surface area is 156 Å². The lowest BCUT2D eigenvalue weighted by Gasteiger charge is -2.34. The van der Waals surface area contributed by atoms with E-state index in [1.807, 2.05) is 24.3 Å². The predicted octanol–water partition coefficient (Wildman–Crippen LogP) is 4.60. The highest BCUT2D eigenvalue weighted by atomic mass is 35.5. The topological polar surface area (TPSA) is 6.48 Å². The van der Waals surface area contributed by atoms with Crippen LogP contribution in [0.5, 0.6) is 0 Å². The van der Waals surface area contributed by atoms with E-state index in [1.165, 1.54) is 5.56 Å². The van der Waals surface area contributed by atoms with Gasteiger partial charge in [0, 0.05) is 44.3 Å². The molecule has 0 radical (unpaired) electrons. The zero-order valence-corrected chi connectivity index (χ0v) is 15.3. The van der Waals surface area contributed by atoms with Gasteiger partial charge in [-0.05, 0) is 17.2 Å². The summed E-state index contributed by atoms with van der Waals surface area (Å²) in [6.07, 6.45) is 6.52. The van der Waals surface area contributed by atoms with E-state index in [4.69, 9.17) is 11.6 Å². The molecule has 0 spiro atoms. The van der Waals surface area contributed by atoms with E-state index >= 15 is 0 Å². The smallest absolute Gasteiger partial charge is 0.0342 e. The van der Waals surface area contributed by atoms with Crippen molar-refractivity contribution < 1.29 is 0 Å². The highest BCUT2D eigenvalue weighted by Crippen LogP contribution is 2.13. The van der Waals surface area contributed by atoms with E-state index < -0.39 is 0 Å². The average molecular weight is 353 g/mol. The fourth-order valence-electron chi connectivity index (χ4n) is 3.02. The van der Waals surface area contributed by atoms with Gasteiger partial charge in [-0.3, -0.25) is 9.80 Å². The Hall–Kier alpha value is -1.87. The van der Waals surface area contributed by atoms with Gasteiger partial charge < -0.3 is 0 Å². The molecule has 1 saturated heterocycles. The summed E-state index contributed by atoms with van der Waals surface area (Å²) in [5.74, 6) is 0. The van der Waals surface area contributed by atoms with Crippen LogP contribution < -0.4 is 0 Å². The first-order valence-corrected chi connectivity index (χ1v) is 9.25. The van der Waals surface area contributed by atoms with Gasteiger partial charge in [0.05, 0.1) is 0 Å². The molecular weight excluding hydrogens is 328 g/mol. The first-order valence-electron chi connectivity index (χ1n) is 8.87. The number of halogens is 1. The third-order valence-electron chi connectivity index (χ3n) is 4.44. The number of hydrogen-bond donors (Lipinski definition) is 0. The maximum atomic E-state index is 6.43. The molecule has 130 valence electrons. The molecule has 2 aromatic rings. The fraction of sp³-hybridized carbons (Fsp3) is 0.273. The summed E-state index contributed by atoms with van der Waals surface area (Å²) >= 11 is 6.43. The normalized spacial score (nSPS) is 17.2. The number of nitrogens with zero attached hydrogens (tertiary/aromatic N) is 2. The SMILES string of the molecule is Cl/C(=C\c1ccccc1)CN1CCN(C/C=C/c2ccccc2)CC1. The monoisotopic (exact) mass is 352 g/mol. The van der Waals surface area contributed by atoms with Crippen LogP contribution in [-0.4, -0.2) is 49.1 Å². The number of benzene rings is 2. The van der Waals surface area contributed by atoms with E-state index in [9.17, 15) is 0 Å². The molecule has 0 saturated carbocycles. The molecule has 0 aromatic heterocycles. The van der Waals surface area contributed by atoms with Gasteiger partial charge in [-0.15, -0.1) is 0 Å². The molecule has 2 aromatic carbocycles. The van der Waals surface area contributed by atoms with Crippen molar-refractivity contribution in [2.45, 2.75) is 0 Å². The van der Waals surface area contributed by atoms with Gasteiger partial charge in [-0.1, -0.05) is 84.4 Å². The Kier molecular flexibility index (Phi) is 6.87.